The maximum Gasteiger partial charge on any atom is 1.00 e. The molecule has 0 amide bonds. The fourth-order valence-electron chi connectivity index (χ4n) is 0. The molecule has 0 aliphatic heterocycles. The number of carbonyl (C=O) groups excluding carboxylic acids is 1. The van der Waals surface area contributed by atoms with Crippen molar-refractivity contribution in [3.63, 3.8) is 0 Å². The van der Waals surface area contributed by atoms with E-state index in [1.807, 2.05) is 0 Å². The van der Waals surface area contributed by atoms with Crippen LogP contribution in [-0.4, -0.2) is 27.7 Å². The molecule has 0 aliphatic rings. The van der Waals surface area contributed by atoms with Crippen molar-refractivity contribution < 1.29 is 83.0 Å². The van der Waals surface area contributed by atoms with E-state index in [1.165, 1.54) is 6.92 Å². The summed E-state index contributed by atoms with van der Waals surface area (Å²) in [6.45, 7) is 1.54. The minimum atomic E-state index is -4.71. The molecular formula is C3H7KO7S2. The monoisotopic (exact) mass is 258 g/mol. The first kappa shape index (κ1) is 19.7. The molecule has 0 bridgehead atoms. The number of carboxylic acid groups (broad SMARTS) is 1. The summed E-state index contributed by atoms with van der Waals surface area (Å²) >= 11 is 0. The van der Waals surface area contributed by atoms with Crippen LogP contribution in [0.4, 0.5) is 0 Å². The Morgan fingerprint density at radius 2 is 1.69 bits per heavy atom. The maximum absolute atomic E-state index is 9.34. The van der Waals surface area contributed by atoms with Crippen LogP contribution < -0.4 is 56.5 Å². The Morgan fingerprint density at radius 1 is 1.54 bits per heavy atom. The van der Waals surface area contributed by atoms with Crippen molar-refractivity contribution >= 4 is 25.2 Å². The average Bonchev–Trinajstić information content (AvgIpc) is 1.87. The summed E-state index contributed by atoms with van der Waals surface area (Å²) in [7, 11) is -7.87. The molecule has 0 spiro atoms. The molecule has 0 saturated heterocycles. The predicted molar refractivity (Wildman–Crippen MR) is 37.6 cm³/mol. The van der Waals surface area contributed by atoms with Gasteiger partial charge in [-0.05, 0) is 6.42 Å². The molecule has 7 nitrogen and oxygen atoms in total. The van der Waals surface area contributed by atoms with Crippen molar-refractivity contribution in [3.05, 3.63) is 0 Å². The van der Waals surface area contributed by atoms with E-state index < -0.39 is 25.2 Å². The van der Waals surface area contributed by atoms with Gasteiger partial charge in [0.05, 0.1) is 0 Å². The summed E-state index contributed by atoms with van der Waals surface area (Å²) in [6.07, 6.45) is 0.111. The van der Waals surface area contributed by atoms with Gasteiger partial charge in [-0.2, -0.15) is 8.42 Å². The standard InChI is InChI=1S/C3H6O2.K.H2O5S2/c1-2-3(4)5;;1-6(2)7(3,4)5/h2H2,1H3,(H,4,5);;(H,1,2)(H,3,4,5)/q;+1;/p-1. The SMILES string of the molecule is CCC(=O)[O-].O=S(O)S(=O)(=O)O.[K+]. The van der Waals surface area contributed by atoms with Crippen molar-refractivity contribution in [3.8, 4) is 0 Å². The fraction of sp³-hybridized carbons (Fsp3) is 0.667. The first-order chi connectivity index (χ1) is 5.21. The van der Waals surface area contributed by atoms with Crippen LogP contribution in [-0.2, 0) is 24.1 Å². The third-order valence-electron chi connectivity index (χ3n) is 0.469. The van der Waals surface area contributed by atoms with Crippen molar-refractivity contribution in [1.29, 1.82) is 0 Å². The predicted octanol–water partition coefficient (Wildman–Crippen LogP) is -4.84. The summed E-state index contributed by atoms with van der Waals surface area (Å²) < 4.78 is 43.0. The van der Waals surface area contributed by atoms with Crippen LogP contribution in [0.2, 0.25) is 0 Å². The van der Waals surface area contributed by atoms with Gasteiger partial charge in [0.2, 0.25) is 0 Å². The van der Waals surface area contributed by atoms with Gasteiger partial charge in [-0.1, -0.05) is 6.92 Å². The number of hydrogen-bond donors (Lipinski definition) is 2. The van der Waals surface area contributed by atoms with Crippen LogP contribution in [0.5, 0.6) is 0 Å². The molecule has 0 fully saturated rings. The van der Waals surface area contributed by atoms with Crippen molar-refractivity contribution in [2.45, 2.75) is 13.3 Å². The summed E-state index contributed by atoms with van der Waals surface area (Å²) in [5.74, 6) is -0.995. The zero-order valence-electron chi connectivity index (χ0n) is 6.96. The Bertz CT molecular complexity index is 257. The van der Waals surface area contributed by atoms with E-state index >= 15 is 0 Å². The molecule has 74 valence electrons. The third kappa shape index (κ3) is 19.5. The summed E-state index contributed by atoms with van der Waals surface area (Å²) in [4.78, 5) is 9.26. The van der Waals surface area contributed by atoms with Gasteiger partial charge in [0.15, 0.2) is 0 Å². The molecule has 0 aliphatic carbocycles. The van der Waals surface area contributed by atoms with Gasteiger partial charge in [0.1, 0.15) is 0 Å². The Hall–Kier alpha value is 1.13. The van der Waals surface area contributed by atoms with E-state index in [9.17, 15) is 22.5 Å². The Morgan fingerprint density at radius 3 is 1.69 bits per heavy atom. The normalized spacial score (nSPS) is 11.6. The van der Waals surface area contributed by atoms with E-state index in [0.29, 0.717) is 0 Å². The largest absolute Gasteiger partial charge is 1.00 e. The van der Waals surface area contributed by atoms with Gasteiger partial charge in [-0.15, -0.1) is 0 Å². The first-order valence-corrected chi connectivity index (χ1v) is 5.56. The second kappa shape index (κ2) is 9.67. The van der Waals surface area contributed by atoms with E-state index in [1.54, 1.807) is 0 Å². The van der Waals surface area contributed by atoms with Crippen molar-refractivity contribution in [2.24, 2.45) is 0 Å². The number of aliphatic carboxylic acids is 1. The number of hydrogen-bond acceptors (Lipinski definition) is 5. The van der Waals surface area contributed by atoms with Gasteiger partial charge >= 0.3 is 70.6 Å². The zero-order chi connectivity index (χ0) is 10.4. The molecule has 0 aromatic carbocycles. The van der Waals surface area contributed by atoms with Crippen LogP contribution in [0, 0.1) is 0 Å². The van der Waals surface area contributed by atoms with Crippen LogP contribution in [0.15, 0.2) is 0 Å². The fourth-order valence-corrected chi connectivity index (χ4v) is 0. The molecule has 0 aromatic heterocycles. The van der Waals surface area contributed by atoms with E-state index in [0.717, 1.165) is 0 Å². The topological polar surface area (TPSA) is 132 Å². The number of carbonyl (C=O) groups is 1. The van der Waals surface area contributed by atoms with Crippen LogP contribution in [0.25, 0.3) is 0 Å². The smallest absolute Gasteiger partial charge is 0.550 e. The molecule has 0 radical (unpaired) electrons. The molecule has 0 saturated carbocycles. The first-order valence-electron chi connectivity index (χ1n) is 2.50. The molecule has 0 aromatic rings. The van der Waals surface area contributed by atoms with Crippen LogP contribution in [0.3, 0.4) is 0 Å². The summed E-state index contributed by atoms with van der Waals surface area (Å²) in [5.41, 5.74) is 0. The van der Waals surface area contributed by atoms with Gasteiger partial charge in [0.25, 0.3) is 0 Å². The van der Waals surface area contributed by atoms with Crippen LogP contribution >= 0.6 is 0 Å². The number of carboxylic acids is 1. The Kier molecular flexibility index (Phi) is 14.6. The molecule has 0 heterocycles. The molecule has 1 atom stereocenters. The Balaban J connectivity index is -0.000000150. The number of rotatable bonds is 2. The van der Waals surface area contributed by atoms with E-state index in [2.05, 4.69) is 0 Å². The zero-order valence-corrected chi connectivity index (χ0v) is 11.7. The van der Waals surface area contributed by atoms with Gasteiger partial charge in [-0.25, -0.2) is 4.21 Å². The Labute approximate surface area is 120 Å². The third-order valence-corrected chi connectivity index (χ3v) is 1.91. The molecule has 1 unspecified atom stereocenters. The summed E-state index contributed by atoms with van der Waals surface area (Å²) in [5, 5.41) is 9.26. The van der Waals surface area contributed by atoms with Crippen molar-refractivity contribution in [1.82, 2.24) is 0 Å². The van der Waals surface area contributed by atoms with Gasteiger partial charge in [0, 0.05) is 5.97 Å². The second-order valence-electron chi connectivity index (χ2n) is 1.37. The van der Waals surface area contributed by atoms with E-state index in [4.69, 9.17) is 9.11 Å². The molecular weight excluding hydrogens is 251 g/mol. The molecule has 0 rings (SSSR count). The quantitative estimate of drug-likeness (QED) is 0.220. The second-order valence-corrected chi connectivity index (χ2v) is 4.78. The van der Waals surface area contributed by atoms with Gasteiger partial charge < -0.3 is 9.90 Å². The van der Waals surface area contributed by atoms with Gasteiger partial charge in [-0.3, -0.25) is 9.11 Å². The maximum atomic E-state index is 9.34. The minimum absolute atomic E-state index is 0. The molecule has 13 heavy (non-hydrogen) atoms. The van der Waals surface area contributed by atoms with E-state index in [-0.39, 0.29) is 57.8 Å². The molecule has 10 heteroatoms. The minimum Gasteiger partial charge on any atom is -0.550 e. The van der Waals surface area contributed by atoms with Crippen molar-refractivity contribution in [2.75, 3.05) is 0 Å². The summed E-state index contributed by atoms with van der Waals surface area (Å²) in [6, 6.07) is 0. The average molecular weight is 258 g/mol. The molecule has 2 N–H and O–H groups in total. The van der Waals surface area contributed by atoms with Crippen LogP contribution in [0.1, 0.15) is 13.3 Å².